The molecule has 3 aromatic rings. The molecule has 1 atom stereocenters. The molecule has 0 amide bonds. The van der Waals surface area contributed by atoms with E-state index in [0.717, 1.165) is 17.6 Å². The van der Waals surface area contributed by atoms with Crippen molar-refractivity contribution >= 4 is 17.1 Å². The molecule has 108 valence electrons. The van der Waals surface area contributed by atoms with Gasteiger partial charge in [0.1, 0.15) is 5.82 Å². The third kappa shape index (κ3) is 2.62. The number of hydrogen-bond donors (Lipinski definition) is 1. The summed E-state index contributed by atoms with van der Waals surface area (Å²) in [6.07, 6.45) is 6.93. The highest BCUT2D eigenvalue weighted by Gasteiger charge is 2.20. The minimum absolute atomic E-state index is 0.236. The second-order valence-corrected chi connectivity index (χ2v) is 5.07. The predicted octanol–water partition coefficient (Wildman–Crippen LogP) is 3.22. The smallest absolute Gasteiger partial charge is 0.123 e. The first-order chi connectivity index (χ1) is 10.2. The van der Waals surface area contributed by atoms with Crippen LogP contribution in [0.3, 0.4) is 0 Å². The molecule has 0 fully saturated rings. The highest BCUT2D eigenvalue weighted by atomic mass is 35.5. The summed E-state index contributed by atoms with van der Waals surface area (Å²) < 4.78 is 15.3. The van der Waals surface area contributed by atoms with Crippen molar-refractivity contribution in [2.75, 3.05) is 6.54 Å². The van der Waals surface area contributed by atoms with Gasteiger partial charge in [0.15, 0.2) is 0 Å². The lowest BCUT2D eigenvalue weighted by atomic mass is 10.00. The van der Waals surface area contributed by atoms with Crippen LogP contribution < -0.4 is 5.32 Å². The monoisotopic (exact) mass is 304 g/mol. The molecule has 2 heterocycles. The summed E-state index contributed by atoms with van der Waals surface area (Å²) in [6.45, 7) is 2.71. The van der Waals surface area contributed by atoms with Crippen molar-refractivity contribution in [3.8, 4) is 0 Å². The number of halogens is 2. The Morgan fingerprint density at radius 1 is 1.33 bits per heavy atom. The SMILES string of the molecule is CCNC(c1cc(F)ccc1Cl)c1cnn2ccncc12. The summed E-state index contributed by atoms with van der Waals surface area (Å²) in [5, 5.41) is 8.15. The zero-order valence-electron chi connectivity index (χ0n) is 11.4. The first kappa shape index (κ1) is 14.0. The number of rotatable bonds is 4. The normalized spacial score (nSPS) is 12.7. The quantitative estimate of drug-likeness (QED) is 0.805. The second kappa shape index (κ2) is 5.79. The zero-order chi connectivity index (χ0) is 14.8. The average Bonchev–Trinajstić information content (AvgIpc) is 2.91. The highest BCUT2D eigenvalue weighted by molar-refractivity contribution is 6.31. The van der Waals surface area contributed by atoms with Gasteiger partial charge in [-0.3, -0.25) is 4.98 Å². The Labute approximate surface area is 126 Å². The van der Waals surface area contributed by atoms with E-state index >= 15 is 0 Å². The molecule has 6 heteroatoms. The van der Waals surface area contributed by atoms with Gasteiger partial charge in [0, 0.05) is 23.0 Å². The van der Waals surface area contributed by atoms with Crippen molar-refractivity contribution in [1.82, 2.24) is 19.9 Å². The molecule has 0 radical (unpaired) electrons. The number of fused-ring (bicyclic) bond motifs is 1. The van der Waals surface area contributed by atoms with Crippen LogP contribution in [0.25, 0.3) is 5.52 Å². The maximum Gasteiger partial charge on any atom is 0.123 e. The molecule has 21 heavy (non-hydrogen) atoms. The van der Waals surface area contributed by atoms with Crippen molar-refractivity contribution < 1.29 is 4.39 Å². The fraction of sp³-hybridized carbons (Fsp3) is 0.200. The maximum atomic E-state index is 13.6. The lowest BCUT2D eigenvalue weighted by molar-refractivity contribution is 0.605. The third-order valence-corrected chi connectivity index (χ3v) is 3.69. The molecule has 4 nitrogen and oxygen atoms in total. The van der Waals surface area contributed by atoms with E-state index in [9.17, 15) is 4.39 Å². The Morgan fingerprint density at radius 2 is 2.19 bits per heavy atom. The molecule has 0 aliphatic heterocycles. The van der Waals surface area contributed by atoms with Crippen molar-refractivity contribution in [2.24, 2.45) is 0 Å². The van der Waals surface area contributed by atoms with Crippen molar-refractivity contribution in [1.29, 1.82) is 0 Å². The van der Waals surface area contributed by atoms with Gasteiger partial charge in [0.2, 0.25) is 0 Å². The summed E-state index contributed by atoms with van der Waals surface area (Å²) in [6, 6.07) is 4.14. The van der Waals surface area contributed by atoms with Gasteiger partial charge in [-0.05, 0) is 30.3 Å². The Balaban J connectivity index is 2.15. The van der Waals surface area contributed by atoms with E-state index in [4.69, 9.17) is 11.6 Å². The lowest BCUT2D eigenvalue weighted by Crippen LogP contribution is -2.22. The van der Waals surface area contributed by atoms with Crippen LogP contribution in [0.1, 0.15) is 24.1 Å². The van der Waals surface area contributed by atoms with Gasteiger partial charge in [-0.1, -0.05) is 18.5 Å². The Bertz CT molecular complexity index is 771. The van der Waals surface area contributed by atoms with E-state index in [-0.39, 0.29) is 11.9 Å². The van der Waals surface area contributed by atoms with Gasteiger partial charge in [-0.15, -0.1) is 0 Å². The Kier molecular flexibility index (Phi) is 3.86. The number of nitrogens with one attached hydrogen (secondary N) is 1. The molecule has 0 spiro atoms. The van der Waals surface area contributed by atoms with Crippen molar-refractivity contribution in [2.45, 2.75) is 13.0 Å². The van der Waals surface area contributed by atoms with Gasteiger partial charge in [0.05, 0.1) is 24.0 Å². The van der Waals surface area contributed by atoms with Crippen LogP contribution in [0.5, 0.6) is 0 Å². The topological polar surface area (TPSA) is 42.2 Å². The van der Waals surface area contributed by atoms with E-state index in [2.05, 4.69) is 15.4 Å². The third-order valence-electron chi connectivity index (χ3n) is 3.34. The first-order valence-corrected chi connectivity index (χ1v) is 7.04. The minimum atomic E-state index is -0.313. The van der Waals surface area contributed by atoms with E-state index < -0.39 is 0 Å². The molecular weight excluding hydrogens is 291 g/mol. The molecule has 2 aromatic heterocycles. The molecule has 0 saturated carbocycles. The van der Waals surface area contributed by atoms with Gasteiger partial charge in [-0.2, -0.15) is 5.10 Å². The summed E-state index contributed by atoms with van der Waals surface area (Å²) in [7, 11) is 0. The minimum Gasteiger partial charge on any atom is -0.306 e. The summed E-state index contributed by atoms with van der Waals surface area (Å²) in [5.74, 6) is -0.313. The fourth-order valence-electron chi connectivity index (χ4n) is 2.40. The number of hydrogen-bond acceptors (Lipinski definition) is 3. The summed E-state index contributed by atoms with van der Waals surface area (Å²) >= 11 is 6.25. The standard InChI is InChI=1S/C15H14ClFN4/c1-2-19-15(11-7-10(17)3-4-13(11)16)12-8-20-21-6-5-18-9-14(12)21/h3-9,15,19H,2H2,1H3. The van der Waals surface area contributed by atoms with E-state index in [1.54, 1.807) is 35.4 Å². The van der Waals surface area contributed by atoms with Crippen LogP contribution in [0.15, 0.2) is 43.0 Å². The number of benzene rings is 1. The summed E-state index contributed by atoms with van der Waals surface area (Å²) in [4.78, 5) is 4.13. The van der Waals surface area contributed by atoms with Crippen LogP contribution in [-0.4, -0.2) is 21.1 Å². The molecule has 0 aliphatic carbocycles. The van der Waals surface area contributed by atoms with Gasteiger partial charge in [-0.25, -0.2) is 8.91 Å². The van der Waals surface area contributed by atoms with Gasteiger partial charge in [0.25, 0.3) is 0 Å². The molecule has 1 aromatic carbocycles. The first-order valence-electron chi connectivity index (χ1n) is 6.66. The van der Waals surface area contributed by atoms with E-state index in [1.165, 1.54) is 12.1 Å². The molecule has 1 N–H and O–H groups in total. The molecule has 1 unspecified atom stereocenters. The fourth-order valence-corrected chi connectivity index (χ4v) is 2.63. The molecule has 0 aliphatic rings. The second-order valence-electron chi connectivity index (χ2n) is 4.66. The summed E-state index contributed by atoms with van der Waals surface area (Å²) in [5.41, 5.74) is 2.47. The maximum absolute atomic E-state index is 13.6. The largest absolute Gasteiger partial charge is 0.306 e. The van der Waals surface area contributed by atoms with Gasteiger partial charge < -0.3 is 5.32 Å². The molecule has 3 rings (SSSR count). The number of aromatic nitrogens is 3. The van der Waals surface area contributed by atoms with Crippen LogP contribution >= 0.6 is 11.6 Å². The molecular formula is C15H14ClFN4. The molecule has 0 saturated heterocycles. The van der Waals surface area contributed by atoms with Crippen LogP contribution in [0.2, 0.25) is 5.02 Å². The lowest BCUT2D eigenvalue weighted by Gasteiger charge is -2.19. The van der Waals surface area contributed by atoms with Crippen molar-refractivity contribution in [3.05, 3.63) is 65.0 Å². The zero-order valence-corrected chi connectivity index (χ0v) is 12.2. The molecule has 0 bridgehead atoms. The van der Waals surface area contributed by atoms with Crippen LogP contribution in [0.4, 0.5) is 4.39 Å². The Hall–Kier alpha value is -1.98. The van der Waals surface area contributed by atoms with E-state index in [1.807, 2.05) is 6.92 Å². The highest BCUT2D eigenvalue weighted by Crippen LogP contribution is 2.31. The van der Waals surface area contributed by atoms with Crippen LogP contribution in [-0.2, 0) is 0 Å². The van der Waals surface area contributed by atoms with Crippen molar-refractivity contribution in [3.63, 3.8) is 0 Å². The average molecular weight is 305 g/mol. The Morgan fingerprint density at radius 3 is 3.00 bits per heavy atom. The van der Waals surface area contributed by atoms with Crippen LogP contribution in [0, 0.1) is 5.82 Å². The van der Waals surface area contributed by atoms with Gasteiger partial charge >= 0.3 is 0 Å². The number of nitrogens with zero attached hydrogens (tertiary/aromatic N) is 3. The predicted molar refractivity (Wildman–Crippen MR) is 79.9 cm³/mol. The van der Waals surface area contributed by atoms with E-state index in [0.29, 0.717) is 10.6 Å².